The number of halogens is 1. The summed E-state index contributed by atoms with van der Waals surface area (Å²) in [5.41, 5.74) is -0.947. The number of hydrogen-bond donors (Lipinski definition) is 1. The number of aromatic carboxylic acids is 1. The number of nitro groups is 1. The average Bonchev–Trinajstić information content (AvgIpc) is 2.41. The van der Waals surface area contributed by atoms with Crippen molar-refractivity contribution in [2.75, 3.05) is 0 Å². The first-order valence-electron chi connectivity index (χ1n) is 5.15. The van der Waals surface area contributed by atoms with Crippen molar-refractivity contribution in [2.45, 2.75) is 0 Å². The second-order valence-corrected chi connectivity index (χ2v) is 3.49. The van der Waals surface area contributed by atoms with Crippen LogP contribution in [0.3, 0.4) is 0 Å². The molecule has 8 nitrogen and oxygen atoms in total. The van der Waals surface area contributed by atoms with Gasteiger partial charge in [-0.1, -0.05) is 0 Å². The van der Waals surface area contributed by atoms with Gasteiger partial charge in [-0.15, -0.1) is 0 Å². The first kappa shape index (κ1) is 13.3. The molecule has 2 aromatic rings. The van der Waals surface area contributed by atoms with Gasteiger partial charge >= 0.3 is 5.97 Å². The Balaban J connectivity index is 2.36. The Kier molecular flexibility index (Phi) is 3.51. The van der Waals surface area contributed by atoms with Gasteiger partial charge < -0.3 is 9.84 Å². The Labute approximate surface area is 110 Å². The first-order valence-corrected chi connectivity index (χ1v) is 5.15. The molecule has 0 fully saturated rings. The zero-order valence-electron chi connectivity index (χ0n) is 9.69. The molecule has 0 radical (unpaired) electrons. The van der Waals surface area contributed by atoms with E-state index in [9.17, 15) is 19.3 Å². The molecule has 1 aromatic carbocycles. The number of hydrogen-bond acceptors (Lipinski definition) is 6. The number of carbonyl (C=O) groups is 1. The van der Waals surface area contributed by atoms with Gasteiger partial charge in [0.15, 0.2) is 11.6 Å². The van der Waals surface area contributed by atoms with Crippen LogP contribution in [-0.4, -0.2) is 26.0 Å². The van der Waals surface area contributed by atoms with E-state index >= 15 is 0 Å². The van der Waals surface area contributed by atoms with Gasteiger partial charge in [0.1, 0.15) is 0 Å². The van der Waals surface area contributed by atoms with E-state index < -0.39 is 39.7 Å². The topological polar surface area (TPSA) is 115 Å². The van der Waals surface area contributed by atoms with Crippen LogP contribution in [0, 0.1) is 15.9 Å². The van der Waals surface area contributed by atoms with E-state index in [4.69, 9.17) is 9.84 Å². The minimum absolute atomic E-state index is 0.390. The van der Waals surface area contributed by atoms with Crippen LogP contribution >= 0.6 is 0 Å². The highest BCUT2D eigenvalue weighted by Gasteiger charge is 2.18. The predicted octanol–water partition coefficient (Wildman–Crippen LogP) is 2.01. The van der Waals surface area contributed by atoms with E-state index in [2.05, 4.69) is 9.97 Å². The molecule has 1 heterocycles. The molecule has 0 spiro atoms. The molecular weight excluding hydrogens is 273 g/mol. The number of nitrogens with zero attached hydrogens (tertiary/aromatic N) is 3. The number of nitro benzene ring substituents is 1. The van der Waals surface area contributed by atoms with Crippen molar-refractivity contribution in [3.05, 3.63) is 52.2 Å². The smallest absolute Gasteiger partial charge is 0.360 e. The van der Waals surface area contributed by atoms with Crippen molar-refractivity contribution in [3.8, 4) is 11.6 Å². The second-order valence-electron chi connectivity index (χ2n) is 3.49. The second kappa shape index (κ2) is 5.26. The molecule has 0 atom stereocenters. The van der Waals surface area contributed by atoms with Crippen molar-refractivity contribution in [1.29, 1.82) is 0 Å². The van der Waals surface area contributed by atoms with Gasteiger partial charge in [0.05, 0.1) is 11.0 Å². The Morgan fingerprint density at radius 1 is 1.35 bits per heavy atom. The molecule has 0 unspecified atom stereocenters. The van der Waals surface area contributed by atoms with Crippen molar-refractivity contribution >= 4 is 11.7 Å². The third-order valence-corrected chi connectivity index (χ3v) is 2.20. The zero-order chi connectivity index (χ0) is 14.7. The average molecular weight is 279 g/mol. The SMILES string of the molecule is O=C(O)c1nccnc1Oc1ccc([N+](=O)[O-])cc1F. The maximum absolute atomic E-state index is 13.6. The van der Waals surface area contributed by atoms with Gasteiger partial charge in [-0.3, -0.25) is 10.1 Å². The number of carboxylic acids is 1. The van der Waals surface area contributed by atoms with Crippen LogP contribution in [0.4, 0.5) is 10.1 Å². The maximum atomic E-state index is 13.6. The van der Waals surface area contributed by atoms with Gasteiger partial charge in [0.25, 0.3) is 11.6 Å². The van der Waals surface area contributed by atoms with Gasteiger partial charge in [-0.2, -0.15) is 0 Å². The summed E-state index contributed by atoms with van der Waals surface area (Å²) in [7, 11) is 0. The molecule has 9 heteroatoms. The molecule has 0 aliphatic rings. The predicted molar refractivity (Wildman–Crippen MR) is 62.1 cm³/mol. The summed E-state index contributed by atoms with van der Waals surface area (Å²) >= 11 is 0. The van der Waals surface area contributed by atoms with Gasteiger partial charge in [0, 0.05) is 18.5 Å². The fourth-order valence-corrected chi connectivity index (χ4v) is 1.34. The Hall–Kier alpha value is -3.10. The lowest BCUT2D eigenvalue weighted by atomic mass is 10.3. The molecule has 0 saturated heterocycles. The normalized spacial score (nSPS) is 10.1. The fourth-order valence-electron chi connectivity index (χ4n) is 1.34. The lowest BCUT2D eigenvalue weighted by Gasteiger charge is -2.06. The zero-order valence-corrected chi connectivity index (χ0v) is 9.69. The number of benzene rings is 1. The quantitative estimate of drug-likeness (QED) is 0.672. The van der Waals surface area contributed by atoms with Crippen LogP contribution in [0.1, 0.15) is 10.5 Å². The number of ether oxygens (including phenoxy) is 1. The molecule has 1 aromatic heterocycles. The minimum Gasteiger partial charge on any atom is -0.476 e. The van der Waals surface area contributed by atoms with E-state index in [0.29, 0.717) is 6.07 Å². The molecule has 0 saturated carbocycles. The van der Waals surface area contributed by atoms with Crippen LogP contribution in [0.2, 0.25) is 0 Å². The van der Waals surface area contributed by atoms with E-state index in [1.165, 1.54) is 6.20 Å². The molecule has 0 bridgehead atoms. The summed E-state index contributed by atoms with van der Waals surface area (Å²) in [6.45, 7) is 0. The molecule has 2 rings (SSSR count). The van der Waals surface area contributed by atoms with Crippen molar-refractivity contribution in [1.82, 2.24) is 9.97 Å². The summed E-state index contributed by atoms with van der Waals surface area (Å²) in [5.74, 6) is -3.21. The molecule has 0 aliphatic carbocycles. The summed E-state index contributed by atoms with van der Waals surface area (Å²) < 4.78 is 18.6. The van der Waals surface area contributed by atoms with E-state index in [0.717, 1.165) is 18.3 Å². The van der Waals surface area contributed by atoms with Crippen LogP contribution in [0.5, 0.6) is 11.6 Å². The molecule has 1 N–H and O–H groups in total. The fraction of sp³-hybridized carbons (Fsp3) is 0. The standard InChI is InChI=1S/C11H6FN3O5/c12-7-5-6(15(18)19)1-2-8(7)20-10-9(11(16)17)13-3-4-14-10/h1-5H,(H,16,17). The number of aromatic nitrogens is 2. The lowest BCUT2D eigenvalue weighted by molar-refractivity contribution is -0.385. The van der Waals surface area contributed by atoms with Crippen molar-refractivity contribution < 1.29 is 24.0 Å². The van der Waals surface area contributed by atoms with Crippen molar-refractivity contribution in [3.63, 3.8) is 0 Å². The third kappa shape index (κ3) is 2.66. The van der Waals surface area contributed by atoms with Crippen LogP contribution in [0.25, 0.3) is 0 Å². The van der Waals surface area contributed by atoms with Crippen LogP contribution in [-0.2, 0) is 0 Å². The number of rotatable bonds is 4. The molecular formula is C11H6FN3O5. The summed E-state index contributed by atoms with van der Waals surface area (Å²) in [4.78, 5) is 27.7. The van der Waals surface area contributed by atoms with Gasteiger partial charge in [-0.25, -0.2) is 19.2 Å². The largest absolute Gasteiger partial charge is 0.476 e. The van der Waals surface area contributed by atoms with E-state index in [1.54, 1.807) is 0 Å². The minimum atomic E-state index is -1.39. The van der Waals surface area contributed by atoms with Gasteiger partial charge in [0.2, 0.25) is 5.69 Å². The third-order valence-electron chi connectivity index (χ3n) is 2.20. The summed E-state index contributed by atoms with van der Waals surface area (Å²) in [6, 6.07) is 2.69. The number of carboxylic acid groups (broad SMARTS) is 1. The number of non-ortho nitro benzene ring substituents is 1. The Morgan fingerprint density at radius 3 is 2.65 bits per heavy atom. The monoisotopic (exact) mass is 279 g/mol. The van der Waals surface area contributed by atoms with Crippen LogP contribution in [0.15, 0.2) is 30.6 Å². The van der Waals surface area contributed by atoms with Gasteiger partial charge in [-0.05, 0) is 6.07 Å². The summed E-state index contributed by atoms with van der Waals surface area (Å²) in [6.07, 6.45) is 2.31. The molecule has 102 valence electrons. The van der Waals surface area contributed by atoms with E-state index in [-0.39, 0.29) is 0 Å². The maximum Gasteiger partial charge on any atom is 0.360 e. The lowest BCUT2D eigenvalue weighted by Crippen LogP contribution is -2.05. The molecule has 20 heavy (non-hydrogen) atoms. The van der Waals surface area contributed by atoms with Crippen molar-refractivity contribution in [2.24, 2.45) is 0 Å². The highest BCUT2D eigenvalue weighted by molar-refractivity contribution is 5.87. The first-order chi connectivity index (χ1) is 9.49. The highest BCUT2D eigenvalue weighted by Crippen LogP contribution is 2.27. The Morgan fingerprint density at radius 2 is 2.05 bits per heavy atom. The highest BCUT2D eigenvalue weighted by atomic mass is 19.1. The van der Waals surface area contributed by atoms with Crippen LogP contribution < -0.4 is 4.74 Å². The Bertz CT molecular complexity index is 692. The summed E-state index contributed by atoms with van der Waals surface area (Å²) in [5, 5.41) is 19.3. The van der Waals surface area contributed by atoms with E-state index in [1.807, 2.05) is 0 Å². The molecule has 0 amide bonds. The molecule has 0 aliphatic heterocycles.